The van der Waals surface area contributed by atoms with Crippen molar-refractivity contribution in [1.82, 2.24) is 0 Å². The molecule has 2 aromatic rings. The lowest BCUT2D eigenvalue weighted by Crippen LogP contribution is -2.24. The van der Waals surface area contributed by atoms with Crippen LogP contribution in [0.25, 0.3) is 0 Å². The van der Waals surface area contributed by atoms with Crippen LogP contribution in [0, 0.1) is 5.82 Å². The number of hydrogen-bond acceptors (Lipinski definition) is 2. The van der Waals surface area contributed by atoms with Gasteiger partial charge in [-0.25, -0.2) is 4.39 Å². The molecule has 1 atom stereocenters. The second kappa shape index (κ2) is 5.98. The average molecular weight is 348 g/mol. The molecule has 1 unspecified atom stereocenters. The Morgan fingerprint density at radius 2 is 2.10 bits per heavy atom. The highest BCUT2D eigenvalue weighted by atomic mass is 79.9. The summed E-state index contributed by atoms with van der Waals surface area (Å²) in [5.41, 5.74) is 2.78. The Balaban J connectivity index is 1.85. The van der Waals surface area contributed by atoms with Crippen LogP contribution in [-0.4, -0.2) is 12.3 Å². The maximum Gasteiger partial charge on any atom is 0.144 e. The summed E-state index contributed by atoms with van der Waals surface area (Å²) >= 11 is 3.38. The van der Waals surface area contributed by atoms with Crippen LogP contribution in [0.4, 0.5) is 10.1 Å². The highest BCUT2D eigenvalue weighted by molar-refractivity contribution is 9.10. The lowest BCUT2D eigenvalue weighted by Gasteiger charge is -2.25. The summed E-state index contributed by atoms with van der Waals surface area (Å²) in [5.74, 6) is -0.292. The number of hydrogen-bond donors (Lipinski definition) is 1. The topological polar surface area (TPSA) is 29.1 Å². The smallest absolute Gasteiger partial charge is 0.144 e. The third kappa shape index (κ3) is 3.00. The van der Waals surface area contributed by atoms with Crippen molar-refractivity contribution >= 4 is 27.4 Å². The van der Waals surface area contributed by atoms with Gasteiger partial charge in [0.2, 0.25) is 0 Å². The number of benzene rings is 2. The highest BCUT2D eigenvalue weighted by Gasteiger charge is 2.26. The van der Waals surface area contributed by atoms with E-state index in [4.69, 9.17) is 0 Å². The number of carbonyl (C=O) groups is 1. The Labute approximate surface area is 131 Å². The Kier molecular flexibility index (Phi) is 4.06. The van der Waals surface area contributed by atoms with E-state index >= 15 is 0 Å². The van der Waals surface area contributed by atoms with Crippen molar-refractivity contribution in [1.29, 1.82) is 0 Å². The van der Waals surface area contributed by atoms with Gasteiger partial charge in [0, 0.05) is 29.0 Å². The molecule has 1 heterocycles. The lowest BCUT2D eigenvalue weighted by molar-refractivity contribution is -0.120. The van der Waals surface area contributed by atoms with Crippen molar-refractivity contribution in [3.63, 3.8) is 0 Å². The van der Waals surface area contributed by atoms with E-state index in [-0.39, 0.29) is 23.9 Å². The van der Waals surface area contributed by atoms with Crippen molar-refractivity contribution in [3.05, 3.63) is 63.9 Å². The Hall–Kier alpha value is -1.68. The summed E-state index contributed by atoms with van der Waals surface area (Å²) in [6.07, 6.45) is 1.03. The monoisotopic (exact) mass is 347 g/mol. The molecule has 108 valence electrons. The molecule has 3 rings (SSSR count). The zero-order chi connectivity index (χ0) is 14.8. The summed E-state index contributed by atoms with van der Waals surface area (Å²) in [7, 11) is 0. The zero-order valence-electron chi connectivity index (χ0n) is 11.4. The quantitative estimate of drug-likeness (QED) is 0.896. The van der Waals surface area contributed by atoms with Gasteiger partial charge in [0.15, 0.2) is 0 Å². The maximum atomic E-state index is 13.3. The summed E-state index contributed by atoms with van der Waals surface area (Å²) in [5, 5.41) is 3.31. The summed E-state index contributed by atoms with van der Waals surface area (Å²) in [6.45, 7) is 0.789. The fourth-order valence-electron chi connectivity index (χ4n) is 2.79. The molecule has 1 aliphatic rings. The number of halogens is 2. The predicted octanol–water partition coefficient (Wildman–Crippen LogP) is 4.30. The number of nitrogens with one attached hydrogen (secondary N) is 1. The van der Waals surface area contributed by atoms with Gasteiger partial charge in [-0.2, -0.15) is 0 Å². The largest absolute Gasteiger partial charge is 0.385 e. The number of rotatable bonds is 3. The Morgan fingerprint density at radius 3 is 2.95 bits per heavy atom. The minimum atomic E-state index is -0.313. The number of para-hydroxylation sites is 1. The molecule has 1 aliphatic heterocycles. The van der Waals surface area contributed by atoms with Crippen LogP contribution in [0.5, 0.6) is 0 Å². The molecule has 0 aliphatic carbocycles. The molecule has 21 heavy (non-hydrogen) atoms. The van der Waals surface area contributed by atoms with E-state index in [0.29, 0.717) is 5.56 Å². The van der Waals surface area contributed by atoms with Crippen molar-refractivity contribution in [3.8, 4) is 0 Å². The first kappa shape index (κ1) is 14.3. The van der Waals surface area contributed by atoms with E-state index < -0.39 is 0 Å². The maximum absolute atomic E-state index is 13.3. The average Bonchev–Trinajstić information content (AvgIpc) is 2.50. The molecular formula is C17H15BrFNO. The first-order valence-electron chi connectivity index (χ1n) is 6.94. The molecule has 0 amide bonds. The molecule has 0 bridgehead atoms. The van der Waals surface area contributed by atoms with Crippen molar-refractivity contribution < 1.29 is 9.18 Å². The van der Waals surface area contributed by atoms with Crippen LogP contribution in [0.2, 0.25) is 0 Å². The van der Waals surface area contributed by atoms with E-state index in [2.05, 4.69) is 21.2 Å². The van der Waals surface area contributed by atoms with E-state index in [1.165, 1.54) is 12.1 Å². The van der Waals surface area contributed by atoms with Gasteiger partial charge >= 0.3 is 0 Å². The molecule has 4 heteroatoms. The second-order valence-electron chi connectivity index (χ2n) is 5.23. The van der Waals surface area contributed by atoms with Crippen LogP contribution >= 0.6 is 15.9 Å². The standard InChI is InChI=1S/C17H15BrFNO/c18-15-6-5-12(19)9-11(15)10-17(21)14-7-8-20-16-4-2-1-3-13(14)16/h1-6,9,14,20H,7-8,10H2. The molecule has 0 saturated carbocycles. The van der Waals surface area contributed by atoms with Crippen LogP contribution in [0.3, 0.4) is 0 Å². The van der Waals surface area contributed by atoms with Crippen LogP contribution in [-0.2, 0) is 11.2 Å². The SMILES string of the molecule is O=C(Cc1cc(F)ccc1Br)C1CCNc2ccccc21. The normalized spacial score (nSPS) is 17.0. The van der Waals surface area contributed by atoms with Gasteiger partial charge in [0.1, 0.15) is 11.6 Å². The van der Waals surface area contributed by atoms with Gasteiger partial charge in [-0.3, -0.25) is 4.79 Å². The van der Waals surface area contributed by atoms with Crippen molar-refractivity contribution in [2.24, 2.45) is 0 Å². The lowest BCUT2D eigenvalue weighted by atomic mass is 9.85. The third-order valence-corrected chi connectivity index (χ3v) is 4.62. The fourth-order valence-corrected chi connectivity index (χ4v) is 3.18. The minimum absolute atomic E-state index is 0.113. The van der Waals surface area contributed by atoms with E-state index in [1.54, 1.807) is 6.07 Å². The number of ketones is 1. The van der Waals surface area contributed by atoms with Gasteiger partial charge < -0.3 is 5.32 Å². The first-order chi connectivity index (χ1) is 10.1. The fraction of sp³-hybridized carbons (Fsp3) is 0.235. The number of fused-ring (bicyclic) bond motifs is 1. The van der Waals surface area contributed by atoms with E-state index in [1.807, 2.05) is 24.3 Å². The zero-order valence-corrected chi connectivity index (χ0v) is 13.0. The Bertz CT molecular complexity index is 686. The van der Waals surface area contributed by atoms with Gasteiger partial charge in [0.25, 0.3) is 0 Å². The third-order valence-electron chi connectivity index (χ3n) is 3.85. The molecule has 1 N–H and O–H groups in total. The van der Waals surface area contributed by atoms with Gasteiger partial charge in [-0.1, -0.05) is 34.1 Å². The molecule has 2 nitrogen and oxygen atoms in total. The summed E-state index contributed by atoms with van der Waals surface area (Å²) < 4.78 is 14.1. The first-order valence-corrected chi connectivity index (χ1v) is 7.74. The van der Waals surface area contributed by atoms with E-state index in [9.17, 15) is 9.18 Å². The number of anilines is 1. The summed E-state index contributed by atoms with van der Waals surface area (Å²) in [4.78, 5) is 12.6. The van der Waals surface area contributed by atoms with Crippen LogP contribution < -0.4 is 5.32 Å². The van der Waals surface area contributed by atoms with Crippen molar-refractivity contribution in [2.75, 3.05) is 11.9 Å². The molecule has 0 fully saturated rings. The predicted molar refractivity (Wildman–Crippen MR) is 85.1 cm³/mol. The van der Waals surface area contributed by atoms with Gasteiger partial charge in [-0.15, -0.1) is 0 Å². The van der Waals surface area contributed by atoms with Crippen molar-refractivity contribution in [2.45, 2.75) is 18.8 Å². The molecule has 0 saturated heterocycles. The minimum Gasteiger partial charge on any atom is -0.385 e. The summed E-state index contributed by atoms with van der Waals surface area (Å²) in [6, 6.07) is 12.4. The Morgan fingerprint density at radius 1 is 1.29 bits per heavy atom. The van der Waals surface area contributed by atoms with Gasteiger partial charge in [0.05, 0.1) is 0 Å². The molecule has 2 aromatic carbocycles. The molecule has 0 spiro atoms. The number of Topliss-reactive ketones (excluding diaryl/α,β-unsaturated/α-hetero) is 1. The van der Waals surface area contributed by atoms with Crippen LogP contribution in [0.1, 0.15) is 23.5 Å². The van der Waals surface area contributed by atoms with Gasteiger partial charge in [-0.05, 0) is 41.8 Å². The van der Waals surface area contributed by atoms with E-state index in [0.717, 1.165) is 28.7 Å². The highest BCUT2D eigenvalue weighted by Crippen LogP contribution is 2.33. The molecular weight excluding hydrogens is 333 g/mol. The van der Waals surface area contributed by atoms with Crippen LogP contribution in [0.15, 0.2) is 46.9 Å². The second-order valence-corrected chi connectivity index (χ2v) is 6.09. The molecule has 0 aromatic heterocycles. The number of carbonyl (C=O) groups excluding carboxylic acids is 1. The molecule has 0 radical (unpaired) electrons.